The van der Waals surface area contributed by atoms with Crippen molar-refractivity contribution in [3.8, 4) is 0 Å². The van der Waals surface area contributed by atoms with E-state index in [1.807, 2.05) is 0 Å². The molecule has 2 heteroatoms. The van der Waals surface area contributed by atoms with E-state index in [9.17, 15) is 9.59 Å². The minimum absolute atomic E-state index is 0.171. The molecule has 0 fully saturated rings. The van der Waals surface area contributed by atoms with Crippen molar-refractivity contribution in [1.82, 2.24) is 0 Å². The monoisotopic (exact) mass is 492 g/mol. The number of Topliss-reactive ketones (excluding diaryl/α,β-unsaturated/α-hetero) is 2. The maximum absolute atomic E-state index is 12.1. The van der Waals surface area contributed by atoms with Crippen LogP contribution in [-0.4, -0.2) is 11.6 Å². The third kappa shape index (κ3) is 29.5. The average Bonchev–Trinajstić information content (AvgIpc) is 2.85. The van der Waals surface area contributed by atoms with E-state index in [2.05, 4.69) is 13.8 Å². The molecule has 0 aliphatic rings. The number of rotatable bonds is 30. The van der Waals surface area contributed by atoms with Gasteiger partial charge in [0.25, 0.3) is 0 Å². The lowest BCUT2D eigenvalue weighted by Gasteiger charge is -2.04. The van der Waals surface area contributed by atoms with Crippen molar-refractivity contribution >= 4 is 11.6 Å². The van der Waals surface area contributed by atoms with Gasteiger partial charge in [0.05, 0.1) is 6.42 Å². The lowest BCUT2D eigenvalue weighted by molar-refractivity contribution is -0.127. The summed E-state index contributed by atoms with van der Waals surface area (Å²) >= 11 is 0. The summed E-state index contributed by atoms with van der Waals surface area (Å²) in [5.74, 6) is 0.344. The third-order valence-electron chi connectivity index (χ3n) is 7.51. The van der Waals surface area contributed by atoms with Gasteiger partial charge >= 0.3 is 0 Å². The Hall–Kier alpha value is -0.660. The van der Waals surface area contributed by atoms with Crippen LogP contribution in [-0.2, 0) is 9.59 Å². The lowest BCUT2D eigenvalue weighted by Crippen LogP contribution is -2.07. The molecule has 0 amide bonds. The van der Waals surface area contributed by atoms with Gasteiger partial charge in [-0.05, 0) is 12.8 Å². The molecule has 0 spiro atoms. The number of carbonyl (C=O) groups excluding carboxylic acids is 2. The molecule has 0 aromatic rings. The smallest absolute Gasteiger partial charge is 0.140 e. The molecule has 0 heterocycles. The highest BCUT2D eigenvalue weighted by molar-refractivity contribution is 5.98. The summed E-state index contributed by atoms with van der Waals surface area (Å²) < 4.78 is 0. The maximum atomic E-state index is 12.1. The minimum Gasteiger partial charge on any atom is -0.299 e. The van der Waals surface area contributed by atoms with Gasteiger partial charge in [-0.15, -0.1) is 0 Å². The van der Waals surface area contributed by atoms with Crippen LogP contribution in [0, 0.1) is 0 Å². The molecule has 0 atom stereocenters. The summed E-state index contributed by atoms with van der Waals surface area (Å²) in [7, 11) is 0. The lowest BCUT2D eigenvalue weighted by atomic mass is 10.0. The van der Waals surface area contributed by atoms with Crippen molar-refractivity contribution in [1.29, 1.82) is 0 Å². The van der Waals surface area contributed by atoms with E-state index >= 15 is 0 Å². The Labute approximate surface area is 221 Å². The van der Waals surface area contributed by atoms with Crippen LogP contribution in [0.15, 0.2) is 0 Å². The van der Waals surface area contributed by atoms with Gasteiger partial charge in [0, 0.05) is 12.8 Å². The quantitative estimate of drug-likeness (QED) is 0.0737. The van der Waals surface area contributed by atoms with Crippen molar-refractivity contribution in [2.45, 2.75) is 200 Å². The van der Waals surface area contributed by atoms with E-state index in [4.69, 9.17) is 0 Å². The summed E-state index contributed by atoms with van der Waals surface area (Å²) in [6.45, 7) is 4.54. The zero-order chi connectivity index (χ0) is 25.7. The molecule has 0 aromatic carbocycles. The van der Waals surface area contributed by atoms with Crippen LogP contribution in [0.5, 0.6) is 0 Å². The number of unbranched alkanes of at least 4 members (excludes halogenated alkanes) is 24. The summed E-state index contributed by atoms with van der Waals surface area (Å²) in [4.78, 5) is 24.1. The highest BCUT2D eigenvalue weighted by Gasteiger charge is 2.09. The Bertz CT molecular complexity index is 442. The zero-order valence-electron chi connectivity index (χ0n) is 24.3. The van der Waals surface area contributed by atoms with E-state index < -0.39 is 0 Å². The average molecular weight is 493 g/mol. The second kappa shape index (κ2) is 29.6. The van der Waals surface area contributed by atoms with Crippen molar-refractivity contribution < 1.29 is 9.59 Å². The molecule has 0 radical (unpaired) electrons. The molecule has 0 N–H and O–H groups in total. The van der Waals surface area contributed by atoms with Crippen LogP contribution in [0.25, 0.3) is 0 Å². The highest BCUT2D eigenvalue weighted by atomic mass is 16.1. The molecule has 0 aliphatic carbocycles. The van der Waals surface area contributed by atoms with Crippen LogP contribution < -0.4 is 0 Å². The minimum atomic E-state index is 0.171. The Morgan fingerprint density at radius 3 is 0.743 bits per heavy atom. The SMILES string of the molecule is CCCCCCCCCCCCCCCCCCCC(=O)CC(=O)CCCCCCCCCCC. The van der Waals surface area contributed by atoms with Crippen molar-refractivity contribution in [2.24, 2.45) is 0 Å². The van der Waals surface area contributed by atoms with Crippen LogP contribution in [0.2, 0.25) is 0 Å². The van der Waals surface area contributed by atoms with Gasteiger partial charge in [-0.25, -0.2) is 0 Å². The fourth-order valence-corrected chi connectivity index (χ4v) is 5.08. The zero-order valence-corrected chi connectivity index (χ0v) is 24.3. The first-order valence-corrected chi connectivity index (χ1v) is 16.2. The molecule has 208 valence electrons. The molecule has 0 unspecified atom stereocenters. The predicted octanol–water partition coefficient (Wildman–Crippen LogP) is 11.5. The van der Waals surface area contributed by atoms with Gasteiger partial charge in [0.2, 0.25) is 0 Å². The Balaban J connectivity index is 3.26. The number of ketones is 2. The molecule has 0 saturated heterocycles. The summed E-state index contributed by atoms with van der Waals surface area (Å²) in [6, 6.07) is 0. The van der Waals surface area contributed by atoms with Crippen molar-refractivity contribution in [2.75, 3.05) is 0 Å². The van der Waals surface area contributed by atoms with Crippen LogP contribution in [0.4, 0.5) is 0 Å². The standard InChI is InChI=1S/C33H64O2/c1-3-5-7-9-11-13-14-15-16-17-18-19-20-22-24-26-28-30-33(35)31-32(34)29-27-25-23-21-12-10-8-6-4-2/h3-31H2,1-2H3. The van der Waals surface area contributed by atoms with Crippen LogP contribution in [0.3, 0.4) is 0 Å². The molecule has 0 aromatic heterocycles. The van der Waals surface area contributed by atoms with Crippen LogP contribution >= 0.6 is 0 Å². The third-order valence-corrected chi connectivity index (χ3v) is 7.51. The fourth-order valence-electron chi connectivity index (χ4n) is 5.08. The second-order valence-electron chi connectivity index (χ2n) is 11.2. The molecule has 2 nitrogen and oxygen atoms in total. The highest BCUT2D eigenvalue weighted by Crippen LogP contribution is 2.15. The maximum Gasteiger partial charge on any atom is 0.140 e. The van der Waals surface area contributed by atoms with Gasteiger partial charge < -0.3 is 0 Å². The first-order chi connectivity index (χ1) is 17.2. The number of hydrogen-bond donors (Lipinski definition) is 0. The van der Waals surface area contributed by atoms with Gasteiger partial charge in [0.1, 0.15) is 11.6 Å². The van der Waals surface area contributed by atoms with Crippen molar-refractivity contribution in [3.05, 3.63) is 0 Å². The fraction of sp³-hybridized carbons (Fsp3) is 0.939. The molecule has 0 bridgehead atoms. The normalized spacial score (nSPS) is 11.3. The van der Waals surface area contributed by atoms with E-state index in [1.165, 1.54) is 141 Å². The summed E-state index contributed by atoms with van der Waals surface area (Å²) in [5.41, 5.74) is 0. The van der Waals surface area contributed by atoms with Crippen LogP contribution in [0.1, 0.15) is 200 Å². The topological polar surface area (TPSA) is 34.1 Å². The Morgan fingerprint density at radius 2 is 0.514 bits per heavy atom. The largest absolute Gasteiger partial charge is 0.299 e. The molecule has 0 saturated carbocycles. The molecule has 35 heavy (non-hydrogen) atoms. The van der Waals surface area contributed by atoms with E-state index in [0.717, 1.165) is 25.7 Å². The van der Waals surface area contributed by atoms with E-state index in [0.29, 0.717) is 12.8 Å². The van der Waals surface area contributed by atoms with Gasteiger partial charge in [-0.1, -0.05) is 168 Å². The number of carbonyl (C=O) groups is 2. The van der Waals surface area contributed by atoms with E-state index in [-0.39, 0.29) is 18.0 Å². The first kappa shape index (κ1) is 34.3. The summed E-state index contributed by atoms with van der Waals surface area (Å²) in [6.07, 6.45) is 35.9. The predicted molar refractivity (Wildman–Crippen MR) is 155 cm³/mol. The molecular formula is C33H64O2. The van der Waals surface area contributed by atoms with Crippen molar-refractivity contribution in [3.63, 3.8) is 0 Å². The van der Waals surface area contributed by atoms with Gasteiger partial charge in [-0.3, -0.25) is 9.59 Å². The molecule has 0 rings (SSSR count). The summed E-state index contributed by atoms with van der Waals surface area (Å²) in [5, 5.41) is 0. The van der Waals surface area contributed by atoms with Gasteiger partial charge in [0.15, 0.2) is 0 Å². The first-order valence-electron chi connectivity index (χ1n) is 16.2. The number of hydrogen-bond acceptors (Lipinski definition) is 2. The van der Waals surface area contributed by atoms with Gasteiger partial charge in [-0.2, -0.15) is 0 Å². The van der Waals surface area contributed by atoms with E-state index in [1.54, 1.807) is 0 Å². The Morgan fingerprint density at radius 1 is 0.314 bits per heavy atom. The second-order valence-corrected chi connectivity index (χ2v) is 11.2. The Kier molecular flexibility index (Phi) is 29.0. The molecule has 0 aliphatic heterocycles. The molecular weight excluding hydrogens is 428 g/mol.